The van der Waals surface area contributed by atoms with E-state index < -0.39 is 0 Å². The number of carbonyl (C=O) groups excluding carboxylic acids is 2. The van der Waals surface area contributed by atoms with Crippen molar-refractivity contribution in [2.45, 2.75) is 34.6 Å². The summed E-state index contributed by atoms with van der Waals surface area (Å²) in [4.78, 5) is 29.0. The molecule has 1 aliphatic rings. The second-order valence-corrected chi connectivity index (χ2v) is 7.68. The largest absolute Gasteiger partial charge is 0.339 e. The van der Waals surface area contributed by atoms with E-state index in [4.69, 9.17) is 0 Å². The average molecular weight is 367 g/mol. The molecule has 0 atom stereocenters. The predicted octanol–water partition coefficient (Wildman–Crippen LogP) is 3.34. The first kappa shape index (κ1) is 19.2. The van der Waals surface area contributed by atoms with E-state index in [1.165, 1.54) is 5.56 Å². The third-order valence-corrected chi connectivity index (χ3v) is 5.39. The number of carbonyl (C=O) groups is 2. The van der Waals surface area contributed by atoms with Gasteiger partial charge < -0.3 is 14.4 Å². The van der Waals surface area contributed by atoms with E-state index in [1.54, 1.807) is 0 Å². The highest BCUT2D eigenvalue weighted by atomic mass is 16.2. The normalized spacial score (nSPS) is 14.7. The fourth-order valence-corrected chi connectivity index (χ4v) is 3.83. The summed E-state index contributed by atoms with van der Waals surface area (Å²) < 4.78 is 2.15. The molecule has 2 amide bonds. The van der Waals surface area contributed by atoms with E-state index in [9.17, 15) is 9.59 Å². The highest BCUT2D eigenvalue weighted by molar-refractivity contribution is 5.96. The number of piperazine rings is 1. The zero-order valence-corrected chi connectivity index (χ0v) is 17.0. The lowest BCUT2D eigenvalue weighted by molar-refractivity contribution is -0.135. The maximum Gasteiger partial charge on any atom is 0.255 e. The van der Waals surface area contributed by atoms with Gasteiger partial charge in [-0.15, -0.1) is 0 Å². The van der Waals surface area contributed by atoms with Gasteiger partial charge in [0.1, 0.15) is 0 Å². The first-order valence-electron chi connectivity index (χ1n) is 9.64. The minimum atomic E-state index is 0.000268. The first-order valence-corrected chi connectivity index (χ1v) is 9.64. The van der Waals surface area contributed by atoms with E-state index in [0.717, 1.165) is 22.6 Å². The van der Waals surface area contributed by atoms with Crippen LogP contribution < -0.4 is 0 Å². The molecule has 0 bridgehead atoms. The number of hydrogen-bond donors (Lipinski definition) is 0. The molecule has 1 aromatic carbocycles. The van der Waals surface area contributed by atoms with Gasteiger partial charge >= 0.3 is 0 Å². The van der Waals surface area contributed by atoms with E-state index in [2.05, 4.69) is 23.6 Å². The summed E-state index contributed by atoms with van der Waals surface area (Å²) in [6.07, 6.45) is 0. The van der Waals surface area contributed by atoms with Crippen LogP contribution in [0.15, 0.2) is 30.3 Å². The molecule has 2 heterocycles. The molecule has 0 N–H and O–H groups in total. The zero-order chi connectivity index (χ0) is 19.7. The summed E-state index contributed by atoms with van der Waals surface area (Å²) in [7, 11) is 0. The lowest BCUT2D eigenvalue weighted by Gasteiger charge is -2.35. The topological polar surface area (TPSA) is 45.6 Å². The van der Waals surface area contributed by atoms with Crippen LogP contribution in [0.25, 0.3) is 5.69 Å². The van der Waals surface area contributed by atoms with Crippen LogP contribution in [-0.2, 0) is 4.79 Å². The van der Waals surface area contributed by atoms with Gasteiger partial charge in [-0.05, 0) is 38.5 Å². The maximum atomic E-state index is 13.1. The second kappa shape index (κ2) is 7.59. The number of aryl methyl sites for hydroxylation is 2. The summed E-state index contributed by atoms with van der Waals surface area (Å²) in [5.74, 6) is 0.222. The van der Waals surface area contributed by atoms with Crippen LogP contribution in [-0.4, -0.2) is 52.4 Å². The molecule has 0 spiro atoms. The summed E-state index contributed by atoms with van der Waals surface area (Å²) in [6, 6.07) is 10.2. The smallest absolute Gasteiger partial charge is 0.255 e. The van der Waals surface area contributed by atoms with Gasteiger partial charge in [0.05, 0.1) is 5.56 Å². The Labute approximate surface area is 161 Å². The molecule has 3 rings (SSSR count). The Morgan fingerprint density at radius 3 is 2.11 bits per heavy atom. The van der Waals surface area contributed by atoms with Gasteiger partial charge in [0.25, 0.3) is 5.91 Å². The minimum absolute atomic E-state index is 0.000268. The highest BCUT2D eigenvalue weighted by Crippen LogP contribution is 2.24. The molecule has 2 aromatic rings. The van der Waals surface area contributed by atoms with Gasteiger partial charge in [0.15, 0.2) is 0 Å². The number of rotatable bonds is 3. The third-order valence-electron chi connectivity index (χ3n) is 5.39. The molecule has 27 heavy (non-hydrogen) atoms. The van der Waals surface area contributed by atoms with Crippen molar-refractivity contribution in [3.05, 3.63) is 52.8 Å². The van der Waals surface area contributed by atoms with Gasteiger partial charge in [-0.3, -0.25) is 9.59 Å². The maximum absolute atomic E-state index is 13.1. The molecular formula is C22H29N3O2. The van der Waals surface area contributed by atoms with Crippen LogP contribution in [0.1, 0.15) is 41.2 Å². The van der Waals surface area contributed by atoms with Crippen LogP contribution in [0, 0.1) is 26.7 Å². The predicted molar refractivity (Wildman–Crippen MR) is 107 cm³/mol. The van der Waals surface area contributed by atoms with Crippen molar-refractivity contribution in [2.24, 2.45) is 5.92 Å². The van der Waals surface area contributed by atoms with Crippen molar-refractivity contribution in [3.8, 4) is 5.69 Å². The number of amides is 2. The summed E-state index contributed by atoms with van der Waals surface area (Å²) in [5, 5.41) is 0. The van der Waals surface area contributed by atoms with Crippen molar-refractivity contribution in [3.63, 3.8) is 0 Å². The van der Waals surface area contributed by atoms with Gasteiger partial charge in [-0.1, -0.05) is 32.0 Å². The lowest BCUT2D eigenvalue weighted by atomic mass is 10.1. The number of para-hydroxylation sites is 1. The van der Waals surface area contributed by atoms with Crippen molar-refractivity contribution in [2.75, 3.05) is 26.2 Å². The van der Waals surface area contributed by atoms with Crippen molar-refractivity contribution >= 4 is 11.8 Å². The van der Waals surface area contributed by atoms with Gasteiger partial charge in [0, 0.05) is 49.2 Å². The Hall–Kier alpha value is -2.56. The highest BCUT2D eigenvalue weighted by Gasteiger charge is 2.28. The molecular weight excluding hydrogens is 338 g/mol. The second-order valence-electron chi connectivity index (χ2n) is 7.68. The zero-order valence-electron chi connectivity index (χ0n) is 17.0. The van der Waals surface area contributed by atoms with E-state index in [1.807, 2.05) is 55.7 Å². The Kier molecular flexibility index (Phi) is 5.40. The van der Waals surface area contributed by atoms with E-state index in [-0.39, 0.29) is 17.7 Å². The summed E-state index contributed by atoms with van der Waals surface area (Å²) in [5.41, 5.74) is 5.06. The van der Waals surface area contributed by atoms with Crippen LogP contribution in [0.3, 0.4) is 0 Å². The molecule has 0 saturated carbocycles. The Bertz CT molecular complexity index is 858. The molecule has 1 saturated heterocycles. The minimum Gasteiger partial charge on any atom is -0.339 e. The SMILES string of the molecule is Cc1ccccc1-n1c(C)cc(C(=O)N2CCN(C(=O)C(C)C)CC2)c1C. The molecule has 0 radical (unpaired) electrons. The third kappa shape index (κ3) is 3.64. The average Bonchev–Trinajstić information content (AvgIpc) is 2.95. The Balaban J connectivity index is 1.80. The standard InChI is InChI=1S/C22H29N3O2/c1-15(2)21(26)23-10-12-24(13-11-23)22(27)19-14-17(4)25(18(19)5)20-9-7-6-8-16(20)3/h6-9,14-15H,10-13H2,1-5H3. The molecule has 1 aliphatic heterocycles. The lowest BCUT2D eigenvalue weighted by Crippen LogP contribution is -2.51. The molecule has 1 fully saturated rings. The molecule has 5 heteroatoms. The Morgan fingerprint density at radius 1 is 0.926 bits per heavy atom. The van der Waals surface area contributed by atoms with Crippen molar-refractivity contribution in [1.29, 1.82) is 0 Å². The Morgan fingerprint density at radius 2 is 1.52 bits per heavy atom. The fourth-order valence-electron chi connectivity index (χ4n) is 3.83. The summed E-state index contributed by atoms with van der Waals surface area (Å²) in [6.45, 7) is 12.4. The van der Waals surface area contributed by atoms with E-state index >= 15 is 0 Å². The van der Waals surface area contributed by atoms with Crippen molar-refractivity contribution < 1.29 is 9.59 Å². The van der Waals surface area contributed by atoms with Gasteiger partial charge in [0.2, 0.25) is 5.91 Å². The van der Waals surface area contributed by atoms with Gasteiger partial charge in [-0.2, -0.15) is 0 Å². The van der Waals surface area contributed by atoms with Crippen LogP contribution in [0.4, 0.5) is 0 Å². The summed E-state index contributed by atoms with van der Waals surface area (Å²) >= 11 is 0. The van der Waals surface area contributed by atoms with E-state index in [0.29, 0.717) is 26.2 Å². The molecule has 144 valence electrons. The van der Waals surface area contributed by atoms with Gasteiger partial charge in [-0.25, -0.2) is 0 Å². The number of hydrogen-bond acceptors (Lipinski definition) is 2. The van der Waals surface area contributed by atoms with Crippen LogP contribution in [0.5, 0.6) is 0 Å². The van der Waals surface area contributed by atoms with Crippen molar-refractivity contribution in [1.82, 2.24) is 14.4 Å². The first-order chi connectivity index (χ1) is 12.8. The van der Waals surface area contributed by atoms with Crippen LogP contribution in [0.2, 0.25) is 0 Å². The fraction of sp³-hybridized carbons (Fsp3) is 0.455. The quantitative estimate of drug-likeness (QED) is 0.835. The van der Waals surface area contributed by atoms with Crippen LogP contribution >= 0.6 is 0 Å². The number of aromatic nitrogens is 1. The molecule has 1 aromatic heterocycles. The molecule has 5 nitrogen and oxygen atoms in total. The number of benzene rings is 1. The number of nitrogens with zero attached hydrogens (tertiary/aromatic N) is 3. The monoisotopic (exact) mass is 367 g/mol. The molecule has 0 unspecified atom stereocenters. The molecule has 0 aliphatic carbocycles.